The molecule has 0 radical (unpaired) electrons. The zero-order valence-corrected chi connectivity index (χ0v) is 14.0. The minimum absolute atomic E-state index is 0.320. The van der Waals surface area contributed by atoms with E-state index in [1.807, 2.05) is 11.3 Å². The van der Waals surface area contributed by atoms with Gasteiger partial charge in [-0.3, -0.25) is 0 Å². The van der Waals surface area contributed by atoms with Crippen molar-refractivity contribution in [2.45, 2.75) is 47.1 Å². The van der Waals surface area contributed by atoms with Crippen molar-refractivity contribution in [2.75, 3.05) is 6.54 Å². The number of thiophene rings is 1. The third-order valence-corrected chi connectivity index (χ3v) is 4.80. The van der Waals surface area contributed by atoms with Crippen molar-refractivity contribution in [3.63, 3.8) is 0 Å². The fourth-order valence-electron chi connectivity index (χ4n) is 2.88. The van der Waals surface area contributed by atoms with Crippen LogP contribution in [0.25, 0.3) is 0 Å². The summed E-state index contributed by atoms with van der Waals surface area (Å²) in [7, 11) is 0. The second-order valence-corrected chi connectivity index (χ2v) is 7.02. The molecule has 1 aromatic heterocycles. The van der Waals surface area contributed by atoms with Gasteiger partial charge in [0.2, 0.25) is 0 Å². The Balaban J connectivity index is 2.50. The molecule has 1 aromatic carbocycles. The summed E-state index contributed by atoms with van der Waals surface area (Å²) in [6, 6.07) is 9.26. The van der Waals surface area contributed by atoms with E-state index in [0.29, 0.717) is 6.04 Å². The first-order valence-corrected chi connectivity index (χ1v) is 8.22. The van der Waals surface area contributed by atoms with Crippen LogP contribution in [0, 0.1) is 27.7 Å². The predicted molar refractivity (Wildman–Crippen MR) is 89.8 cm³/mol. The van der Waals surface area contributed by atoms with Gasteiger partial charge in [-0.2, -0.15) is 0 Å². The van der Waals surface area contributed by atoms with Crippen LogP contribution in [-0.4, -0.2) is 6.54 Å². The van der Waals surface area contributed by atoms with E-state index in [2.05, 4.69) is 64.2 Å². The van der Waals surface area contributed by atoms with Gasteiger partial charge in [-0.25, -0.2) is 0 Å². The van der Waals surface area contributed by atoms with Crippen molar-refractivity contribution in [3.05, 3.63) is 56.3 Å². The van der Waals surface area contributed by atoms with Crippen LogP contribution in [0.15, 0.2) is 24.3 Å². The van der Waals surface area contributed by atoms with Gasteiger partial charge in [-0.05, 0) is 69.0 Å². The van der Waals surface area contributed by atoms with Crippen molar-refractivity contribution in [2.24, 2.45) is 0 Å². The molecule has 0 aliphatic carbocycles. The van der Waals surface area contributed by atoms with Gasteiger partial charge in [-0.15, -0.1) is 11.3 Å². The van der Waals surface area contributed by atoms with Crippen molar-refractivity contribution in [1.82, 2.24) is 5.32 Å². The lowest BCUT2D eigenvalue weighted by molar-refractivity contribution is 0.593. The van der Waals surface area contributed by atoms with E-state index < -0.39 is 0 Å². The highest BCUT2D eigenvalue weighted by atomic mass is 32.1. The van der Waals surface area contributed by atoms with Crippen LogP contribution in [0.2, 0.25) is 0 Å². The maximum Gasteiger partial charge on any atom is 0.0592 e. The lowest BCUT2D eigenvalue weighted by Gasteiger charge is -2.23. The number of benzene rings is 1. The Morgan fingerprint density at radius 3 is 2.25 bits per heavy atom. The molecule has 2 rings (SSSR count). The second kappa shape index (κ2) is 6.55. The molecule has 1 atom stereocenters. The highest BCUT2D eigenvalue weighted by molar-refractivity contribution is 7.12. The average Bonchev–Trinajstić information content (AvgIpc) is 2.72. The molecule has 0 saturated heterocycles. The molecular formula is C18H25NS. The van der Waals surface area contributed by atoms with E-state index >= 15 is 0 Å². The van der Waals surface area contributed by atoms with Crippen molar-refractivity contribution in [1.29, 1.82) is 0 Å². The third-order valence-electron chi connectivity index (χ3n) is 3.82. The number of aryl methyl sites for hydroxylation is 4. The highest BCUT2D eigenvalue weighted by Crippen LogP contribution is 2.33. The van der Waals surface area contributed by atoms with Crippen LogP contribution < -0.4 is 5.32 Å². The molecule has 0 fully saturated rings. The van der Waals surface area contributed by atoms with Gasteiger partial charge in [0.25, 0.3) is 0 Å². The molecule has 2 aromatic rings. The molecule has 2 heteroatoms. The molecule has 0 amide bonds. The number of hydrogen-bond acceptors (Lipinski definition) is 2. The summed E-state index contributed by atoms with van der Waals surface area (Å²) in [6.45, 7) is 12.1. The molecule has 0 spiro atoms. The Labute approximate surface area is 127 Å². The van der Waals surface area contributed by atoms with Gasteiger partial charge in [0.15, 0.2) is 0 Å². The topological polar surface area (TPSA) is 12.0 Å². The Morgan fingerprint density at radius 1 is 1.10 bits per heavy atom. The summed E-state index contributed by atoms with van der Waals surface area (Å²) in [5.74, 6) is 0. The Morgan fingerprint density at radius 2 is 1.75 bits per heavy atom. The minimum atomic E-state index is 0.320. The van der Waals surface area contributed by atoms with E-state index in [4.69, 9.17) is 0 Å². The van der Waals surface area contributed by atoms with Gasteiger partial charge in [-0.1, -0.05) is 25.1 Å². The van der Waals surface area contributed by atoms with Crippen LogP contribution in [0.5, 0.6) is 0 Å². The number of nitrogens with one attached hydrogen (secondary N) is 1. The summed E-state index contributed by atoms with van der Waals surface area (Å²) < 4.78 is 0. The third kappa shape index (κ3) is 3.13. The van der Waals surface area contributed by atoms with E-state index in [-0.39, 0.29) is 0 Å². The lowest BCUT2D eigenvalue weighted by Crippen LogP contribution is -2.25. The van der Waals surface area contributed by atoms with Crippen molar-refractivity contribution >= 4 is 11.3 Å². The molecule has 1 N–H and O–H groups in total. The van der Waals surface area contributed by atoms with Crippen molar-refractivity contribution < 1.29 is 0 Å². The summed E-state index contributed by atoms with van der Waals surface area (Å²) in [5.41, 5.74) is 5.64. The van der Waals surface area contributed by atoms with Gasteiger partial charge in [0.05, 0.1) is 6.04 Å². The summed E-state index contributed by atoms with van der Waals surface area (Å²) in [4.78, 5) is 2.82. The average molecular weight is 287 g/mol. The number of hydrogen-bond donors (Lipinski definition) is 1. The smallest absolute Gasteiger partial charge is 0.0592 e. The van der Waals surface area contributed by atoms with Gasteiger partial charge in [0.1, 0.15) is 0 Å². The predicted octanol–water partition coefficient (Wildman–Crippen LogP) is 5.07. The maximum absolute atomic E-state index is 3.74. The molecular weight excluding hydrogens is 262 g/mol. The Kier molecular flexibility index (Phi) is 5.00. The normalized spacial score (nSPS) is 12.7. The van der Waals surface area contributed by atoms with Gasteiger partial charge in [0, 0.05) is 9.75 Å². The van der Waals surface area contributed by atoms with Gasteiger partial charge >= 0.3 is 0 Å². The van der Waals surface area contributed by atoms with Gasteiger partial charge < -0.3 is 5.32 Å². The maximum atomic E-state index is 3.74. The lowest BCUT2D eigenvalue weighted by atomic mass is 9.91. The zero-order valence-electron chi connectivity index (χ0n) is 13.2. The summed E-state index contributed by atoms with van der Waals surface area (Å²) in [5, 5.41) is 3.74. The largest absolute Gasteiger partial charge is 0.306 e. The van der Waals surface area contributed by atoms with E-state index in [1.54, 1.807) is 0 Å². The first-order chi connectivity index (χ1) is 9.54. The monoisotopic (exact) mass is 287 g/mol. The van der Waals surface area contributed by atoms with Crippen LogP contribution >= 0.6 is 11.3 Å². The van der Waals surface area contributed by atoms with Crippen LogP contribution in [0.3, 0.4) is 0 Å². The molecule has 108 valence electrons. The first kappa shape index (κ1) is 15.3. The van der Waals surface area contributed by atoms with E-state index in [0.717, 1.165) is 13.0 Å². The molecule has 0 saturated carbocycles. The SMILES string of the molecule is CCCNC(c1cc(C)sc1C)c1c(C)cccc1C. The van der Waals surface area contributed by atoms with E-state index in [1.165, 1.54) is 32.0 Å². The Hall–Kier alpha value is -1.12. The van der Waals surface area contributed by atoms with Crippen LogP contribution in [-0.2, 0) is 0 Å². The number of rotatable bonds is 5. The Bertz CT molecular complexity index is 563. The molecule has 0 aliphatic heterocycles. The zero-order chi connectivity index (χ0) is 14.7. The minimum Gasteiger partial charge on any atom is -0.306 e. The fraction of sp³-hybridized carbons (Fsp3) is 0.444. The molecule has 0 bridgehead atoms. The molecule has 0 aliphatic rings. The van der Waals surface area contributed by atoms with Crippen LogP contribution in [0.4, 0.5) is 0 Å². The summed E-state index contributed by atoms with van der Waals surface area (Å²) >= 11 is 1.90. The van der Waals surface area contributed by atoms with Crippen LogP contribution in [0.1, 0.15) is 51.4 Å². The second-order valence-electron chi connectivity index (χ2n) is 5.56. The molecule has 1 unspecified atom stereocenters. The molecule has 1 nitrogen and oxygen atoms in total. The quantitative estimate of drug-likeness (QED) is 0.809. The first-order valence-electron chi connectivity index (χ1n) is 7.41. The van der Waals surface area contributed by atoms with E-state index in [9.17, 15) is 0 Å². The standard InChI is InChI=1S/C18H25NS/c1-6-10-19-18(16-11-14(4)20-15(16)5)17-12(2)8-7-9-13(17)3/h7-9,11,18-19H,6,10H2,1-5H3. The highest BCUT2D eigenvalue weighted by Gasteiger charge is 2.20. The summed E-state index contributed by atoms with van der Waals surface area (Å²) in [6.07, 6.45) is 1.16. The fourth-order valence-corrected chi connectivity index (χ4v) is 3.84. The van der Waals surface area contributed by atoms with Crippen molar-refractivity contribution in [3.8, 4) is 0 Å². The molecule has 20 heavy (non-hydrogen) atoms. The molecule has 1 heterocycles.